The lowest BCUT2D eigenvalue weighted by Crippen LogP contribution is -2.49. The number of rotatable bonds is 7. The summed E-state index contributed by atoms with van der Waals surface area (Å²) in [5.74, 6) is 0.959. The molecule has 1 aliphatic heterocycles. The van der Waals surface area contributed by atoms with Crippen LogP contribution in [0.4, 0.5) is 0 Å². The number of nitrogens with zero attached hydrogens (tertiary/aromatic N) is 3. The van der Waals surface area contributed by atoms with Crippen LogP contribution in [-0.2, 0) is 22.6 Å². The minimum atomic E-state index is -0.308. The fourth-order valence-corrected chi connectivity index (χ4v) is 5.09. The number of carbonyl (C=O) groups is 1. The minimum absolute atomic E-state index is 0.220. The molecule has 2 unspecified atom stereocenters. The van der Waals surface area contributed by atoms with Gasteiger partial charge in [-0.3, -0.25) is 14.7 Å². The molecule has 0 bridgehead atoms. The molecule has 1 amide bonds. The highest BCUT2D eigenvalue weighted by Gasteiger charge is 2.42. The lowest BCUT2D eigenvalue weighted by atomic mass is 9.84. The summed E-state index contributed by atoms with van der Waals surface area (Å²) >= 11 is 0. The number of morpholine rings is 1. The Labute approximate surface area is 193 Å². The van der Waals surface area contributed by atoms with Crippen molar-refractivity contribution in [2.75, 3.05) is 40.8 Å². The van der Waals surface area contributed by atoms with E-state index in [0.717, 1.165) is 51.3 Å². The van der Waals surface area contributed by atoms with Gasteiger partial charge in [-0.25, -0.2) is 0 Å². The second-order valence-corrected chi connectivity index (χ2v) is 9.73. The standard InChI is InChI=1S/C25H41N5O2/c1-19-15-30(16-20(2)32-19)17-22-10-8-21(9-11-22)14-27-24(26-3)28-18-25(12-6-7-13-25)23(31)29(4)5/h8-11,19-20H,6-7,12-18H2,1-5H3,(H2,26,27,28). The third kappa shape index (κ3) is 6.45. The van der Waals surface area contributed by atoms with Crippen LogP contribution in [0.1, 0.15) is 50.7 Å². The van der Waals surface area contributed by atoms with Crippen LogP contribution in [0.15, 0.2) is 29.3 Å². The van der Waals surface area contributed by atoms with Crippen LogP contribution in [0.25, 0.3) is 0 Å². The first kappa shape index (κ1) is 24.5. The summed E-state index contributed by atoms with van der Waals surface area (Å²) in [7, 11) is 5.47. The monoisotopic (exact) mass is 443 g/mol. The molecule has 3 rings (SSSR count). The molecule has 32 heavy (non-hydrogen) atoms. The molecule has 1 saturated carbocycles. The molecule has 1 heterocycles. The summed E-state index contributed by atoms with van der Waals surface area (Å²) in [4.78, 5) is 21.3. The topological polar surface area (TPSA) is 69.2 Å². The fraction of sp³-hybridized carbons (Fsp3) is 0.680. The minimum Gasteiger partial charge on any atom is -0.373 e. The normalized spacial score (nSPS) is 23.7. The molecule has 7 heteroatoms. The zero-order valence-corrected chi connectivity index (χ0v) is 20.5. The first-order valence-corrected chi connectivity index (χ1v) is 11.9. The number of hydrogen-bond donors (Lipinski definition) is 2. The number of nitrogens with one attached hydrogen (secondary N) is 2. The molecule has 2 atom stereocenters. The van der Waals surface area contributed by atoms with Crippen LogP contribution >= 0.6 is 0 Å². The number of guanidine groups is 1. The second-order valence-electron chi connectivity index (χ2n) is 9.73. The molecular weight excluding hydrogens is 402 g/mol. The maximum absolute atomic E-state index is 12.8. The van der Waals surface area contributed by atoms with E-state index in [1.165, 1.54) is 11.1 Å². The highest BCUT2D eigenvalue weighted by molar-refractivity contribution is 5.85. The van der Waals surface area contributed by atoms with E-state index in [2.05, 4.69) is 58.6 Å². The molecule has 0 spiro atoms. The average Bonchev–Trinajstić information content (AvgIpc) is 3.23. The maximum Gasteiger partial charge on any atom is 0.230 e. The van der Waals surface area contributed by atoms with Crippen molar-refractivity contribution in [1.82, 2.24) is 20.4 Å². The highest BCUT2D eigenvalue weighted by Crippen LogP contribution is 2.38. The van der Waals surface area contributed by atoms with Gasteiger partial charge in [-0.2, -0.15) is 0 Å². The predicted octanol–water partition coefficient (Wildman–Crippen LogP) is 2.61. The van der Waals surface area contributed by atoms with E-state index < -0.39 is 0 Å². The molecule has 1 aromatic carbocycles. The Morgan fingerprint density at radius 3 is 2.25 bits per heavy atom. The van der Waals surface area contributed by atoms with Crippen LogP contribution in [0.3, 0.4) is 0 Å². The summed E-state index contributed by atoms with van der Waals surface area (Å²) in [6.07, 6.45) is 4.69. The van der Waals surface area contributed by atoms with E-state index in [1.807, 2.05) is 14.1 Å². The first-order chi connectivity index (χ1) is 15.3. The quantitative estimate of drug-likeness (QED) is 0.501. The van der Waals surface area contributed by atoms with Gasteiger partial charge in [-0.15, -0.1) is 0 Å². The number of ether oxygens (including phenoxy) is 1. The SMILES string of the molecule is CN=C(NCc1ccc(CN2CC(C)OC(C)C2)cc1)NCC1(C(=O)N(C)C)CCCC1. The third-order valence-corrected chi connectivity index (χ3v) is 6.62. The lowest BCUT2D eigenvalue weighted by Gasteiger charge is -2.35. The summed E-state index contributed by atoms with van der Waals surface area (Å²) in [6, 6.07) is 8.77. The summed E-state index contributed by atoms with van der Waals surface area (Å²) in [5.41, 5.74) is 2.22. The molecule has 2 fully saturated rings. The van der Waals surface area contributed by atoms with Gasteiger partial charge in [0.15, 0.2) is 5.96 Å². The van der Waals surface area contributed by atoms with E-state index in [9.17, 15) is 4.79 Å². The summed E-state index contributed by atoms with van der Waals surface area (Å²) in [6.45, 7) is 8.52. The van der Waals surface area contributed by atoms with Crippen molar-refractivity contribution < 1.29 is 9.53 Å². The Hall–Kier alpha value is -2.12. The van der Waals surface area contributed by atoms with Crippen LogP contribution < -0.4 is 10.6 Å². The molecule has 0 radical (unpaired) electrons. The predicted molar refractivity (Wildman–Crippen MR) is 130 cm³/mol. The van der Waals surface area contributed by atoms with Crippen molar-refractivity contribution in [2.45, 2.75) is 64.8 Å². The first-order valence-electron chi connectivity index (χ1n) is 11.9. The summed E-state index contributed by atoms with van der Waals surface area (Å²) < 4.78 is 5.83. The number of benzene rings is 1. The van der Waals surface area contributed by atoms with Gasteiger partial charge in [0.25, 0.3) is 0 Å². The Morgan fingerprint density at radius 2 is 1.69 bits per heavy atom. The zero-order valence-electron chi connectivity index (χ0n) is 20.5. The Balaban J connectivity index is 1.49. The van der Waals surface area contributed by atoms with Gasteiger partial charge in [0.05, 0.1) is 17.6 Å². The number of aliphatic imine (C=N–C) groups is 1. The van der Waals surface area contributed by atoms with Crippen molar-refractivity contribution >= 4 is 11.9 Å². The fourth-order valence-electron chi connectivity index (χ4n) is 5.09. The number of amides is 1. The van der Waals surface area contributed by atoms with E-state index in [1.54, 1.807) is 11.9 Å². The Morgan fingerprint density at radius 1 is 1.09 bits per heavy atom. The average molecular weight is 444 g/mol. The smallest absolute Gasteiger partial charge is 0.230 e. The Kier molecular flexibility index (Phi) is 8.54. The largest absolute Gasteiger partial charge is 0.373 e. The highest BCUT2D eigenvalue weighted by atomic mass is 16.5. The molecule has 1 aliphatic carbocycles. The van der Waals surface area contributed by atoms with Crippen molar-refractivity contribution in [3.05, 3.63) is 35.4 Å². The lowest BCUT2D eigenvalue weighted by molar-refractivity contribution is -0.138. The molecule has 2 N–H and O–H groups in total. The molecule has 2 aliphatic rings. The molecule has 178 valence electrons. The van der Waals surface area contributed by atoms with E-state index in [4.69, 9.17) is 4.74 Å². The Bertz CT molecular complexity index is 761. The van der Waals surface area contributed by atoms with Crippen molar-refractivity contribution in [1.29, 1.82) is 0 Å². The summed E-state index contributed by atoms with van der Waals surface area (Å²) in [5, 5.41) is 6.80. The third-order valence-electron chi connectivity index (χ3n) is 6.62. The molecule has 0 aromatic heterocycles. The number of carbonyl (C=O) groups excluding carboxylic acids is 1. The van der Waals surface area contributed by atoms with Gasteiger partial charge in [-0.05, 0) is 37.8 Å². The van der Waals surface area contributed by atoms with Crippen LogP contribution in [0, 0.1) is 5.41 Å². The van der Waals surface area contributed by atoms with Gasteiger partial charge < -0.3 is 20.3 Å². The second kappa shape index (κ2) is 11.1. The van der Waals surface area contributed by atoms with E-state index in [0.29, 0.717) is 13.1 Å². The van der Waals surface area contributed by atoms with Gasteiger partial charge in [0.1, 0.15) is 0 Å². The van der Waals surface area contributed by atoms with Crippen molar-refractivity contribution in [3.8, 4) is 0 Å². The van der Waals surface area contributed by atoms with Gasteiger partial charge in [0, 0.05) is 53.9 Å². The van der Waals surface area contributed by atoms with Crippen LogP contribution in [0.5, 0.6) is 0 Å². The van der Waals surface area contributed by atoms with Gasteiger partial charge >= 0.3 is 0 Å². The molecule has 1 aromatic rings. The van der Waals surface area contributed by atoms with Gasteiger partial charge in [-0.1, -0.05) is 37.1 Å². The zero-order chi connectivity index (χ0) is 23.1. The van der Waals surface area contributed by atoms with E-state index >= 15 is 0 Å². The van der Waals surface area contributed by atoms with E-state index in [-0.39, 0.29) is 23.5 Å². The van der Waals surface area contributed by atoms with Crippen LogP contribution in [0.2, 0.25) is 0 Å². The molecular formula is C25H41N5O2. The van der Waals surface area contributed by atoms with Crippen molar-refractivity contribution in [2.24, 2.45) is 10.4 Å². The van der Waals surface area contributed by atoms with Crippen molar-refractivity contribution in [3.63, 3.8) is 0 Å². The number of hydrogen-bond acceptors (Lipinski definition) is 4. The van der Waals surface area contributed by atoms with Gasteiger partial charge in [0.2, 0.25) is 5.91 Å². The molecule has 1 saturated heterocycles. The maximum atomic E-state index is 12.8. The van der Waals surface area contributed by atoms with Crippen LogP contribution in [-0.4, -0.2) is 74.7 Å². The molecule has 7 nitrogen and oxygen atoms in total.